The number of aromatic nitrogens is 12. The molecule has 117 heavy (non-hydrogen) atoms. The van der Waals surface area contributed by atoms with Crippen LogP contribution in [0.15, 0.2) is 124 Å². The van der Waals surface area contributed by atoms with E-state index in [0.29, 0.717) is 0 Å². The zero-order valence-electron chi connectivity index (χ0n) is 64.2. The molecule has 3 aromatic carbocycles. The van der Waals surface area contributed by atoms with Gasteiger partial charge in [-0.1, -0.05) is 54.6 Å². The van der Waals surface area contributed by atoms with Gasteiger partial charge in [-0.3, -0.25) is 84.2 Å². The summed E-state index contributed by atoms with van der Waals surface area (Å²) >= 11 is 0. The minimum atomic E-state index is -4.26. The number of anilines is 3. The van der Waals surface area contributed by atoms with Crippen LogP contribution in [0, 0.1) is 17.8 Å². The maximum absolute atomic E-state index is 14.1. The summed E-state index contributed by atoms with van der Waals surface area (Å²) in [4.78, 5) is 104. The predicted molar refractivity (Wildman–Crippen MR) is 409 cm³/mol. The van der Waals surface area contributed by atoms with Crippen molar-refractivity contribution in [3.63, 3.8) is 0 Å². The number of esters is 3. The van der Waals surface area contributed by atoms with Gasteiger partial charge in [-0.05, 0) is 98.7 Å². The molecule has 9 heterocycles. The van der Waals surface area contributed by atoms with Crippen LogP contribution in [-0.2, 0) is 70.1 Å². The van der Waals surface area contributed by atoms with Crippen molar-refractivity contribution in [3.8, 4) is 17.2 Å². The highest BCUT2D eigenvalue weighted by atomic mass is 31.2. The molecule has 12 rings (SSSR count). The Bertz CT molecular complexity index is 4710. The van der Waals surface area contributed by atoms with Crippen LogP contribution in [0.1, 0.15) is 81.0 Å². The Morgan fingerprint density at radius 3 is 0.906 bits per heavy atom. The van der Waals surface area contributed by atoms with E-state index in [2.05, 4.69) is 60.1 Å². The van der Waals surface area contributed by atoms with Crippen molar-refractivity contribution in [3.05, 3.63) is 141 Å². The number of aliphatic hydroxyl groups is 3. The van der Waals surface area contributed by atoms with Crippen molar-refractivity contribution in [1.29, 1.82) is 0 Å². The van der Waals surface area contributed by atoms with Crippen molar-refractivity contribution in [1.82, 2.24) is 73.8 Å². The fourth-order valence-corrected chi connectivity index (χ4v) is 16.5. The van der Waals surface area contributed by atoms with Gasteiger partial charge < -0.3 is 74.5 Å². The number of benzene rings is 3. The van der Waals surface area contributed by atoms with E-state index in [1.54, 1.807) is 96.1 Å². The molecule has 6 aromatic heterocycles. The monoisotopic (exact) mass is 1700 g/mol. The van der Waals surface area contributed by atoms with Crippen LogP contribution in [0.5, 0.6) is 17.2 Å². The van der Waals surface area contributed by atoms with Gasteiger partial charge in [-0.25, -0.2) is 28.6 Å². The number of carbonyl (C=O) groups is 3. The van der Waals surface area contributed by atoms with Gasteiger partial charge in [0.15, 0.2) is 52.2 Å². The van der Waals surface area contributed by atoms with Crippen LogP contribution in [-0.4, -0.2) is 205 Å². The molecule has 0 bridgehead atoms. The summed E-state index contributed by atoms with van der Waals surface area (Å²) in [6.45, 7) is 9.78. The van der Waals surface area contributed by atoms with Crippen molar-refractivity contribution < 1.29 is 112 Å². The number of H-pyrrole nitrogens is 3. The average molecular weight is 1710 g/mol. The fourth-order valence-electron chi connectivity index (χ4n) is 12.0. The van der Waals surface area contributed by atoms with E-state index in [1.807, 2.05) is 0 Å². The number of carbonyl (C=O) groups excluding carboxylic acids is 3. The quantitative estimate of drug-likeness (QED) is 0.0146. The molecule has 15 N–H and O–H groups in total. The number of ether oxygens (including phenoxy) is 6. The van der Waals surface area contributed by atoms with Crippen molar-refractivity contribution in [2.45, 2.75) is 154 Å². The van der Waals surface area contributed by atoms with Crippen molar-refractivity contribution in [2.24, 2.45) is 17.8 Å². The highest BCUT2D eigenvalue weighted by Crippen LogP contribution is 2.50. The molecule has 0 aliphatic carbocycles. The molecule has 0 spiro atoms. The molecular formula is C69H90F3N18O24P3. The number of aromatic amines is 3. The molecule has 636 valence electrons. The van der Waals surface area contributed by atoms with E-state index >= 15 is 0 Å². The lowest BCUT2D eigenvalue weighted by atomic mass is 10.0. The summed E-state index contributed by atoms with van der Waals surface area (Å²) in [6.07, 6.45) is -8.78. The largest absolute Gasteiger partial charge is 0.462 e. The maximum atomic E-state index is 14.1. The molecule has 0 radical (unpaired) electrons. The molecule has 3 fully saturated rings. The third-order valence-corrected chi connectivity index (χ3v) is 22.5. The summed E-state index contributed by atoms with van der Waals surface area (Å²) in [6, 6.07) is 21.0. The number of halogens is 3. The van der Waals surface area contributed by atoms with E-state index in [9.17, 15) is 71.0 Å². The Labute approximate surface area is 663 Å². The number of hydrogen-bond acceptors (Lipinski definition) is 33. The van der Waals surface area contributed by atoms with Gasteiger partial charge in [0, 0.05) is 17.8 Å². The zero-order valence-corrected chi connectivity index (χ0v) is 66.9. The summed E-state index contributed by atoms with van der Waals surface area (Å²) in [5.41, 5.74) is 15.0. The molecule has 42 nitrogen and oxygen atoms in total. The Hall–Kier alpha value is -10.1. The highest BCUT2D eigenvalue weighted by Gasteiger charge is 2.51. The number of fused-ring (bicyclic) bond motifs is 3. The first-order chi connectivity index (χ1) is 55.5. The third kappa shape index (κ3) is 22.2. The lowest BCUT2D eigenvalue weighted by Gasteiger charge is -2.25. The number of hydrogen-bond donors (Lipinski definition) is 12. The smallest absolute Gasteiger partial charge is 0.459 e. The molecule has 0 saturated carbocycles. The SMILES string of the molecule is CC(C)OC(=O)[C@H](C)NP(=O)(OC[C@H]1O[C@@H](n2cnc3c(=O)[nH]c(N)nc32)[C@H](O)[C@@H]1CF)Oc1ccccc1.CC(C)OC(=O)[C@H](C)N[P@@](=O)(OC[C@H]1O[C@@H](n2cnc3c(=O)[nH]c(N)nc32)[C@H](O)[C@@H]1CF)Oc1ccccc1.CC(C)OC(=O)[C@H](C)N[P@](=O)(OC[C@H]1O[C@@H](n2cnc3c(=O)[nH]c(N)nc32)[C@H](O)[C@@H]1CF)Oc1ccccc1. The Kier molecular flexibility index (Phi) is 29.8. The third-order valence-electron chi connectivity index (χ3n) is 17.6. The standard InChI is InChI=1S/3C23H30FN6O8P/c3*1-12(2)36-22(33)13(3)29-39(34,38-14-7-5-4-6-8-14)35-10-16-15(9-24)18(31)21(37-16)30-11-26-17-19(30)27-23(25)28-20(17)32/h3*4-8,11-13,15-16,18,21,31H,9-10H2,1-3H3,(H,29,34)(H3,25,27,28,32)/t13-,15+,16+,18+,21+,39?;13-,15+,16+,18+,21+,39+;13-,15+,16+,18+,21+,39-/m000/s1. The van der Waals surface area contributed by atoms with Crippen molar-refractivity contribution in [2.75, 3.05) is 57.0 Å². The van der Waals surface area contributed by atoms with Gasteiger partial charge in [0.1, 0.15) is 53.7 Å². The van der Waals surface area contributed by atoms with Crippen LogP contribution in [0.2, 0.25) is 0 Å². The van der Waals surface area contributed by atoms with Crippen LogP contribution in [0.4, 0.5) is 31.0 Å². The topological polar surface area (TPSA) is 579 Å². The second-order valence-corrected chi connectivity index (χ2v) is 32.6. The lowest BCUT2D eigenvalue weighted by molar-refractivity contribution is -0.150. The molecule has 0 amide bonds. The number of nitrogens with one attached hydrogen (secondary N) is 6. The normalized spacial score (nSPS) is 23.5. The maximum Gasteiger partial charge on any atom is 0.459 e. The molecule has 1 unspecified atom stereocenters. The van der Waals surface area contributed by atoms with E-state index in [-0.39, 0.29) is 68.6 Å². The molecule has 3 aliphatic heterocycles. The van der Waals surface area contributed by atoms with Crippen molar-refractivity contribution >= 4 is 92.5 Å². The predicted octanol–water partition coefficient (Wildman–Crippen LogP) is 5.04. The van der Waals surface area contributed by atoms with Gasteiger partial charge >= 0.3 is 41.1 Å². The van der Waals surface area contributed by atoms with Gasteiger partial charge in [-0.15, -0.1) is 0 Å². The lowest BCUT2D eigenvalue weighted by Crippen LogP contribution is -2.37. The number of alkyl halides is 3. The molecule has 3 saturated heterocycles. The number of nitrogen functional groups attached to an aromatic ring is 3. The Morgan fingerprint density at radius 2 is 0.684 bits per heavy atom. The van der Waals surface area contributed by atoms with E-state index in [1.165, 1.54) is 89.9 Å². The van der Waals surface area contributed by atoms with Crippen LogP contribution >= 0.6 is 23.2 Å². The molecular weight excluding hydrogens is 1610 g/mol. The molecule has 9 aromatic rings. The van der Waals surface area contributed by atoms with Crippen LogP contribution < -0.4 is 62.7 Å². The second kappa shape index (κ2) is 39.0. The molecule has 18 atom stereocenters. The first-order valence-corrected chi connectivity index (χ1v) is 40.9. The summed E-state index contributed by atoms with van der Waals surface area (Å²) in [5, 5.41) is 40.2. The number of aliphatic hydroxyl groups excluding tert-OH is 3. The fraction of sp³-hybridized carbons (Fsp3) is 0.478. The van der Waals surface area contributed by atoms with Gasteiger partial charge in [0.25, 0.3) is 16.7 Å². The number of nitrogens with two attached hydrogens (primary N) is 3. The minimum Gasteiger partial charge on any atom is -0.462 e. The second-order valence-electron chi connectivity index (χ2n) is 27.5. The Balaban J connectivity index is 0.000000185. The molecule has 48 heteroatoms. The first kappa shape index (κ1) is 89.3. The van der Waals surface area contributed by atoms with Gasteiger partial charge in [-0.2, -0.15) is 30.2 Å². The van der Waals surface area contributed by atoms with E-state index < -0.39 is 207 Å². The highest BCUT2D eigenvalue weighted by molar-refractivity contribution is 7.52. The van der Waals surface area contributed by atoms with E-state index in [0.717, 1.165) is 0 Å². The first-order valence-electron chi connectivity index (χ1n) is 36.3. The number of imidazole rings is 3. The minimum absolute atomic E-state index is 0.0247. The number of rotatable bonds is 33. The summed E-state index contributed by atoms with van der Waals surface area (Å²) < 4.78 is 154. The average Bonchev–Trinajstić information content (AvgIpc) is 1.63. The molecule has 3 aliphatic rings. The number of nitrogens with zero attached hydrogens (tertiary/aromatic N) is 9. The van der Waals surface area contributed by atoms with Crippen LogP contribution in [0.3, 0.4) is 0 Å². The summed E-state index contributed by atoms with van der Waals surface area (Å²) in [5.74, 6) is -5.38. The van der Waals surface area contributed by atoms with Gasteiger partial charge in [0.05, 0.1) is 95.5 Å². The summed E-state index contributed by atoms with van der Waals surface area (Å²) in [7, 11) is -12.8. The van der Waals surface area contributed by atoms with Crippen LogP contribution in [0.25, 0.3) is 33.5 Å². The number of para-hydroxylation sites is 3. The van der Waals surface area contributed by atoms with Gasteiger partial charge in [0.2, 0.25) is 17.8 Å². The van der Waals surface area contributed by atoms with E-state index in [4.69, 9.17) is 72.8 Å². The Morgan fingerprint density at radius 1 is 0.444 bits per heavy atom. The zero-order chi connectivity index (χ0) is 85.0.